The minimum atomic E-state index is -0.626. The monoisotopic (exact) mass is 497 g/mol. The second kappa shape index (κ2) is 6.92. The number of aliphatic hydroxyl groups excluding tert-OH is 1. The first-order valence-electron chi connectivity index (χ1n) is 5.26. The van der Waals surface area contributed by atoms with Crippen LogP contribution in [0.4, 0.5) is 0 Å². The van der Waals surface area contributed by atoms with Crippen molar-refractivity contribution in [1.29, 1.82) is 0 Å². The Morgan fingerprint density at radius 2 is 1.56 bits per heavy atom. The summed E-state index contributed by atoms with van der Waals surface area (Å²) in [7, 11) is 0. The molecule has 0 aliphatic carbocycles. The van der Waals surface area contributed by atoms with Crippen LogP contribution in [0.5, 0.6) is 5.75 Å². The minimum Gasteiger partial charge on any atom is -0.506 e. The lowest BCUT2D eigenvalue weighted by molar-refractivity contribution is 0.0400. The van der Waals surface area contributed by atoms with Gasteiger partial charge in [0.2, 0.25) is 0 Å². The van der Waals surface area contributed by atoms with Gasteiger partial charge in [-0.25, -0.2) is 0 Å². The van der Waals surface area contributed by atoms with E-state index in [0.29, 0.717) is 0 Å². The number of benzene rings is 1. The van der Waals surface area contributed by atoms with Crippen LogP contribution in [0.3, 0.4) is 0 Å². The van der Waals surface area contributed by atoms with E-state index < -0.39 is 12.1 Å². The van der Waals surface area contributed by atoms with E-state index in [9.17, 15) is 10.2 Å². The van der Waals surface area contributed by atoms with Crippen molar-refractivity contribution in [2.45, 2.75) is 32.9 Å². The van der Waals surface area contributed by atoms with Gasteiger partial charge in [-0.1, -0.05) is 20.8 Å². The fraction of sp³-hybridized carbons (Fsp3) is 0.500. The Balaban J connectivity index is 0.00000289. The lowest BCUT2D eigenvalue weighted by Crippen LogP contribution is -2.37. The average Bonchev–Trinajstić information content (AvgIpc) is 2.21. The van der Waals surface area contributed by atoms with Crippen LogP contribution in [-0.4, -0.2) is 16.3 Å². The van der Waals surface area contributed by atoms with Crippen LogP contribution in [-0.2, 0) is 0 Å². The number of aromatic hydroxyl groups is 1. The molecule has 0 saturated heterocycles. The molecule has 3 nitrogen and oxygen atoms in total. The summed E-state index contributed by atoms with van der Waals surface area (Å²) in [4.78, 5) is 0. The summed E-state index contributed by atoms with van der Waals surface area (Å²) in [5.41, 5.74) is 6.65. The van der Waals surface area contributed by atoms with Gasteiger partial charge in [0.05, 0.1) is 19.3 Å². The van der Waals surface area contributed by atoms with Crippen molar-refractivity contribution in [3.05, 3.63) is 24.8 Å². The fourth-order valence-electron chi connectivity index (χ4n) is 1.50. The summed E-state index contributed by atoms with van der Waals surface area (Å²) in [6, 6.07) is 3.19. The lowest BCUT2D eigenvalue weighted by atomic mass is 9.82. The van der Waals surface area contributed by atoms with Crippen molar-refractivity contribution in [3.8, 4) is 5.75 Å². The quantitative estimate of drug-likeness (QED) is 0.549. The Bertz CT molecular complexity index is 398. The maximum absolute atomic E-state index is 10.2. The van der Waals surface area contributed by atoms with Crippen molar-refractivity contribution >= 4 is 57.6 Å². The molecule has 2 atom stereocenters. The Hall–Kier alpha value is 0.690. The van der Waals surface area contributed by atoms with Crippen LogP contribution in [0.2, 0.25) is 0 Å². The Kier molecular flexibility index (Phi) is 7.18. The van der Waals surface area contributed by atoms with Gasteiger partial charge in [-0.05, 0) is 68.3 Å². The summed E-state index contributed by atoms with van der Waals surface area (Å²) in [5.74, 6) is 0.271. The van der Waals surface area contributed by atoms with Crippen LogP contribution >= 0.6 is 57.6 Å². The molecule has 0 fully saturated rings. The van der Waals surface area contributed by atoms with Gasteiger partial charge >= 0.3 is 0 Å². The highest BCUT2D eigenvalue weighted by Gasteiger charge is 2.29. The highest BCUT2D eigenvalue weighted by Crippen LogP contribution is 2.33. The van der Waals surface area contributed by atoms with Crippen LogP contribution in [0, 0.1) is 12.6 Å². The van der Waals surface area contributed by atoms with Gasteiger partial charge in [0.25, 0.3) is 0 Å². The Morgan fingerprint density at radius 1 is 1.17 bits per heavy atom. The van der Waals surface area contributed by atoms with Gasteiger partial charge in [-0.2, -0.15) is 0 Å². The first-order chi connectivity index (χ1) is 7.64. The molecule has 0 radical (unpaired) electrons. The molecule has 18 heavy (non-hydrogen) atoms. The molecule has 0 bridgehead atoms. The summed E-state index contributed by atoms with van der Waals surface area (Å²) >= 11 is 4.12. The fourth-order valence-corrected chi connectivity index (χ4v) is 3.31. The second-order valence-electron chi connectivity index (χ2n) is 5.17. The summed E-state index contributed by atoms with van der Waals surface area (Å²) in [6.07, 6.45) is -0.626. The maximum Gasteiger partial charge on any atom is 0.142 e. The number of halogens is 3. The minimum absolute atomic E-state index is 0. The highest BCUT2D eigenvalue weighted by molar-refractivity contribution is 14.1. The van der Waals surface area contributed by atoms with Gasteiger partial charge in [-0.3, -0.25) is 0 Å². The predicted octanol–water partition coefficient (Wildman–Crippen LogP) is 3.43. The van der Waals surface area contributed by atoms with Gasteiger partial charge < -0.3 is 15.9 Å². The van der Waals surface area contributed by atoms with Crippen molar-refractivity contribution in [2.24, 2.45) is 11.1 Å². The summed E-state index contributed by atoms with van der Waals surface area (Å²) in [6.45, 7) is 5.86. The van der Waals surface area contributed by atoms with Crippen molar-refractivity contribution in [3.63, 3.8) is 0 Å². The third kappa shape index (κ3) is 4.36. The number of rotatable bonds is 2. The molecule has 1 rings (SSSR count). The highest BCUT2D eigenvalue weighted by atomic mass is 127. The second-order valence-corrected chi connectivity index (χ2v) is 7.49. The lowest BCUT2D eigenvalue weighted by Gasteiger charge is -2.31. The molecule has 0 amide bonds. The van der Waals surface area contributed by atoms with Crippen LogP contribution in [0.15, 0.2) is 12.1 Å². The molecule has 1 aromatic carbocycles. The van der Waals surface area contributed by atoms with Crippen LogP contribution < -0.4 is 5.73 Å². The molecule has 1 aromatic rings. The smallest absolute Gasteiger partial charge is 0.142 e. The summed E-state index contributed by atoms with van der Waals surface area (Å²) < 4.78 is 1.50. The maximum atomic E-state index is 10.2. The van der Waals surface area contributed by atoms with Crippen molar-refractivity contribution in [2.75, 3.05) is 0 Å². The molecule has 0 aliphatic rings. The van der Waals surface area contributed by atoms with E-state index in [4.69, 9.17) is 5.73 Å². The number of hydrogen-bond donors (Lipinski definition) is 3. The van der Waals surface area contributed by atoms with Crippen molar-refractivity contribution < 1.29 is 10.2 Å². The zero-order valence-electron chi connectivity index (χ0n) is 10.4. The van der Waals surface area contributed by atoms with E-state index in [1.807, 2.05) is 32.9 Å². The summed E-state index contributed by atoms with van der Waals surface area (Å²) in [5, 5.41) is 19.9. The number of aliphatic hydroxyl groups is 1. The molecule has 0 saturated carbocycles. The molecular formula is C12H18ClI2NO2. The number of phenolic OH excluding ortho intramolecular Hbond substituents is 1. The molecule has 0 heterocycles. The van der Waals surface area contributed by atoms with E-state index in [2.05, 4.69) is 45.2 Å². The third-order valence-electron chi connectivity index (χ3n) is 2.65. The zero-order valence-corrected chi connectivity index (χ0v) is 15.6. The van der Waals surface area contributed by atoms with Crippen LogP contribution in [0.1, 0.15) is 32.4 Å². The van der Waals surface area contributed by atoms with Gasteiger partial charge in [-0.15, -0.1) is 12.4 Å². The first-order valence-corrected chi connectivity index (χ1v) is 7.42. The SMILES string of the molecule is CC(C)(C)[C@@H](O)[C@@H](N)c1cc(I)c(O)c(I)c1.Cl. The molecule has 6 heteroatoms. The van der Waals surface area contributed by atoms with Crippen molar-refractivity contribution in [1.82, 2.24) is 0 Å². The largest absolute Gasteiger partial charge is 0.506 e. The third-order valence-corrected chi connectivity index (χ3v) is 4.30. The van der Waals surface area contributed by atoms with Gasteiger partial charge in [0.1, 0.15) is 5.75 Å². The van der Waals surface area contributed by atoms with Gasteiger partial charge in [0.15, 0.2) is 0 Å². The molecular weight excluding hydrogens is 479 g/mol. The zero-order chi connectivity index (χ0) is 13.4. The van der Waals surface area contributed by atoms with E-state index in [0.717, 1.165) is 12.7 Å². The predicted molar refractivity (Wildman–Crippen MR) is 93.2 cm³/mol. The normalized spacial score (nSPS) is 14.8. The van der Waals surface area contributed by atoms with E-state index >= 15 is 0 Å². The first kappa shape index (κ1) is 18.7. The number of phenols is 1. The van der Waals surface area contributed by atoms with Gasteiger partial charge in [0, 0.05) is 0 Å². The standard InChI is InChI=1S/C12H17I2NO2.ClH/c1-12(2,3)11(17)9(15)6-4-7(13)10(16)8(14)5-6;/h4-5,9,11,16-17H,15H2,1-3H3;1H/t9-,11-;/m0./s1. The number of hydrogen-bond acceptors (Lipinski definition) is 3. The Morgan fingerprint density at radius 3 is 1.89 bits per heavy atom. The number of nitrogens with two attached hydrogens (primary N) is 1. The average molecular weight is 498 g/mol. The van der Waals surface area contributed by atoms with E-state index in [-0.39, 0.29) is 23.6 Å². The van der Waals surface area contributed by atoms with E-state index in [1.165, 1.54) is 0 Å². The van der Waals surface area contributed by atoms with E-state index in [1.54, 1.807) is 0 Å². The topological polar surface area (TPSA) is 66.5 Å². The molecule has 0 spiro atoms. The molecule has 0 aliphatic heterocycles. The molecule has 0 aromatic heterocycles. The molecule has 0 unspecified atom stereocenters. The van der Waals surface area contributed by atoms with Crippen LogP contribution in [0.25, 0.3) is 0 Å². The Labute approximate surface area is 141 Å². The molecule has 4 N–H and O–H groups in total. The molecule has 104 valence electrons.